The van der Waals surface area contributed by atoms with Crippen molar-refractivity contribution >= 4 is 26.8 Å². The average Bonchev–Trinajstić information content (AvgIpc) is 2.58. The Bertz CT molecular complexity index is 496. The number of aryl methyl sites for hydroxylation is 1. The molecule has 0 aliphatic carbocycles. The molecule has 0 spiro atoms. The first-order valence-electron chi connectivity index (χ1n) is 4.28. The van der Waals surface area contributed by atoms with Gasteiger partial charge in [-0.3, -0.25) is 4.68 Å². The van der Waals surface area contributed by atoms with Crippen molar-refractivity contribution in [3.05, 3.63) is 30.0 Å². The second-order valence-electron chi connectivity index (χ2n) is 2.89. The quantitative estimate of drug-likeness (QED) is 0.767. The molecule has 70 valence electrons. The van der Waals surface area contributed by atoms with Gasteiger partial charge in [0.2, 0.25) is 0 Å². The molecule has 4 heteroatoms. The monoisotopic (exact) mass is 249 g/mol. The van der Waals surface area contributed by atoms with Gasteiger partial charge in [-0.2, -0.15) is 10.4 Å². The average molecular weight is 250 g/mol. The van der Waals surface area contributed by atoms with Crippen LogP contribution in [0.5, 0.6) is 0 Å². The van der Waals surface area contributed by atoms with Gasteiger partial charge >= 0.3 is 0 Å². The number of fused-ring (bicyclic) bond motifs is 1. The molecule has 2 aromatic rings. The maximum absolute atomic E-state index is 8.88. The minimum absolute atomic E-state index is 0.501. The molecule has 0 N–H and O–H groups in total. The van der Waals surface area contributed by atoms with E-state index in [9.17, 15) is 0 Å². The van der Waals surface area contributed by atoms with Crippen molar-refractivity contribution < 1.29 is 0 Å². The van der Waals surface area contributed by atoms with E-state index in [-0.39, 0.29) is 0 Å². The summed E-state index contributed by atoms with van der Waals surface area (Å²) in [6, 6.07) is 9.88. The molecule has 2 rings (SSSR count). The van der Waals surface area contributed by atoms with E-state index in [0.29, 0.717) is 5.69 Å². The maximum atomic E-state index is 8.88. The summed E-state index contributed by atoms with van der Waals surface area (Å²) in [7, 11) is 0. The fraction of sp³-hybridized carbons (Fsp3) is 0.200. The highest BCUT2D eigenvalue weighted by Gasteiger charge is 2.07. The summed E-state index contributed by atoms with van der Waals surface area (Å²) in [5.41, 5.74) is 1.52. The van der Waals surface area contributed by atoms with Gasteiger partial charge in [-0.25, -0.2) is 0 Å². The number of alkyl halides is 1. The van der Waals surface area contributed by atoms with Crippen LogP contribution < -0.4 is 0 Å². The van der Waals surface area contributed by atoms with Crippen LogP contribution in [0.4, 0.5) is 0 Å². The van der Waals surface area contributed by atoms with Crippen LogP contribution in [0.2, 0.25) is 0 Å². The third-order valence-electron chi connectivity index (χ3n) is 2.06. The number of nitriles is 1. The Kier molecular flexibility index (Phi) is 2.51. The summed E-state index contributed by atoms with van der Waals surface area (Å²) < 4.78 is 1.85. The molecule has 0 aliphatic heterocycles. The fourth-order valence-corrected chi connectivity index (χ4v) is 1.80. The molecule has 1 aromatic carbocycles. The molecule has 0 atom stereocenters. The van der Waals surface area contributed by atoms with Gasteiger partial charge in [0.15, 0.2) is 5.69 Å². The van der Waals surface area contributed by atoms with Crippen LogP contribution in [-0.4, -0.2) is 15.1 Å². The van der Waals surface area contributed by atoms with Crippen LogP contribution >= 0.6 is 15.9 Å². The molecular formula is C10H8BrN3. The van der Waals surface area contributed by atoms with Gasteiger partial charge in [-0.05, 0) is 12.1 Å². The van der Waals surface area contributed by atoms with Gasteiger partial charge in [0.05, 0.1) is 12.1 Å². The van der Waals surface area contributed by atoms with Gasteiger partial charge in [0.25, 0.3) is 0 Å². The zero-order valence-electron chi connectivity index (χ0n) is 7.44. The van der Waals surface area contributed by atoms with Crippen LogP contribution in [0.25, 0.3) is 10.9 Å². The zero-order valence-corrected chi connectivity index (χ0v) is 9.03. The van der Waals surface area contributed by atoms with E-state index in [2.05, 4.69) is 27.1 Å². The predicted octanol–water partition coefficient (Wildman–Crippen LogP) is 2.30. The Morgan fingerprint density at radius 2 is 2.21 bits per heavy atom. The van der Waals surface area contributed by atoms with E-state index >= 15 is 0 Å². The van der Waals surface area contributed by atoms with Crippen molar-refractivity contribution in [3.8, 4) is 6.07 Å². The first-order valence-corrected chi connectivity index (χ1v) is 5.40. The van der Waals surface area contributed by atoms with E-state index in [4.69, 9.17) is 5.26 Å². The molecular weight excluding hydrogens is 242 g/mol. The summed E-state index contributed by atoms with van der Waals surface area (Å²) in [4.78, 5) is 0. The summed E-state index contributed by atoms with van der Waals surface area (Å²) in [5.74, 6) is 0. The van der Waals surface area contributed by atoms with Gasteiger partial charge in [-0.1, -0.05) is 28.1 Å². The molecule has 0 bridgehead atoms. The molecule has 1 aromatic heterocycles. The summed E-state index contributed by atoms with van der Waals surface area (Å²) in [6.45, 7) is 0.780. The highest BCUT2D eigenvalue weighted by Crippen LogP contribution is 2.17. The summed E-state index contributed by atoms with van der Waals surface area (Å²) >= 11 is 3.36. The molecule has 0 aliphatic rings. The van der Waals surface area contributed by atoms with Crippen molar-refractivity contribution in [1.29, 1.82) is 5.26 Å². The SMILES string of the molecule is N#Cc1nn(CCBr)c2ccccc12. The van der Waals surface area contributed by atoms with E-state index in [1.54, 1.807) is 0 Å². The Balaban J connectivity index is 2.68. The van der Waals surface area contributed by atoms with Crippen molar-refractivity contribution in [1.82, 2.24) is 9.78 Å². The molecule has 0 fully saturated rings. The van der Waals surface area contributed by atoms with Crippen LogP contribution in [0.1, 0.15) is 5.69 Å². The number of hydrogen-bond donors (Lipinski definition) is 0. The van der Waals surface area contributed by atoms with E-state index in [1.807, 2.05) is 28.9 Å². The minimum Gasteiger partial charge on any atom is -0.263 e. The number of nitrogens with zero attached hydrogens (tertiary/aromatic N) is 3. The highest BCUT2D eigenvalue weighted by atomic mass is 79.9. The van der Waals surface area contributed by atoms with Gasteiger partial charge < -0.3 is 0 Å². The molecule has 0 radical (unpaired) electrons. The van der Waals surface area contributed by atoms with Crippen LogP contribution in [-0.2, 0) is 6.54 Å². The molecule has 1 heterocycles. The second kappa shape index (κ2) is 3.81. The zero-order chi connectivity index (χ0) is 9.97. The van der Waals surface area contributed by atoms with Gasteiger partial charge in [0.1, 0.15) is 6.07 Å². The Morgan fingerprint density at radius 1 is 1.43 bits per heavy atom. The summed E-state index contributed by atoms with van der Waals surface area (Å²) in [6.07, 6.45) is 0. The lowest BCUT2D eigenvalue weighted by Crippen LogP contribution is -2.00. The lowest BCUT2D eigenvalue weighted by molar-refractivity contribution is 0.690. The van der Waals surface area contributed by atoms with Crippen LogP contribution in [0, 0.1) is 11.3 Å². The number of rotatable bonds is 2. The lowest BCUT2D eigenvalue weighted by Gasteiger charge is -1.97. The van der Waals surface area contributed by atoms with E-state index < -0.39 is 0 Å². The fourth-order valence-electron chi connectivity index (χ4n) is 1.46. The van der Waals surface area contributed by atoms with E-state index in [0.717, 1.165) is 22.8 Å². The third-order valence-corrected chi connectivity index (χ3v) is 2.41. The van der Waals surface area contributed by atoms with Crippen LogP contribution in [0.15, 0.2) is 24.3 Å². The molecule has 0 saturated carbocycles. The standard InChI is InChI=1S/C10H8BrN3/c11-5-6-14-10-4-2-1-3-8(10)9(7-12)13-14/h1-4H,5-6H2. The predicted molar refractivity (Wildman–Crippen MR) is 58.2 cm³/mol. The Morgan fingerprint density at radius 3 is 2.93 bits per heavy atom. The third kappa shape index (κ3) is 1.40. The first kappa shape index (κ1) is 9.22. The number of halogens is 1. The minimum atomic E-state index is 0.501. The van der Waals surface area contributed by atoms with E-state index in [1.165, 1.54) is 0 Å². The molecule has 3 nitrogen and oxygen atoms in total. The maximum Gasteiger partial charge on any atom is 0.170 e. The van der Waals surface area contributed by atoms with Crippen molar-refractivity contribution in [2.24, 2.45) is 0 Å². The molecule has 0 saturated heterocycles. The normalized spacial score (nSPS) is 10.3. The highest BCUT2D eigenvalue weighted by molar-refractivity contribution is 9.09. The number of para-hydroxylation sites is 1. The van der Waals surface area contributed by atoms with Crippen molar-refractivity contribution in [3.63, 3.8) is 0 Å². The van der Waals surface area contributed by atoms with Gasteiger partial charge in [-0.15, -0.1) is 0 Å². The number of hydrogen-bond acceptors (Lipinski definition) is 2. The van der Waals surface area contributed by atoms with Gasteiger partial charge in [0, 0.05) is 10.7 Å². The molecule has 14 heavy (non-hydrogen) atoms. The Hall–Kier alpha value is -1.34. The molecule has 0 unspecified atom stereocenters. The Labute approximate surface area is 90.1 Å². The number of aromatic nitrogens is 2. The number of benzene rings is 1. The topological polar surface area (TPSA) is 41.6 Å². The smallest absolute Gasteiger partial charge is 0.170 e. The summed E-state index contributed by atoms with van der Waals surface area (Å²) in [5, 5.41) is 14.9. The van der Waals surface area contributed by atoms with Crippen molar-refractivity contribution in [2.45, 2.75) is 6.54 Å². The first-order chi connectivity index (χ1) is 6.86. The molecule has 0 amide bonds. The largest absolute Gasteiger partial charge is 0.263 e. The lowest BCUT2D eigenvalue weighted by atomic mass is 10.2. The second-order valence-corrected chi connectivity index (χ2v) is 3.68. The van der Waals surface area contributed by atoms with Crippen molar-refractivity contribution in [2.75, 3.05) is 5.33 Å². The van der Waals surface area contributed by atoms with Crippen LogP contribution in [0.3, 0.4) is 0 Å².